The summed E-state index contributed by atoms with van der Waals surface area (Å²) < 4.78 is 33.6. The van der Waals surface area contributed by atoms with Gasteiger partial charge in [-0.2, -0.15) is 5.26 Å². The van der Waals surface area contributed by atoms with Crippen molar-refractivity contribution < 1.29 is 32.3 Å². The number of hydrogen-bond acceptors (Lipinski definition) is 12. The summed E-state index contributed by atoms with van der Waals surface area (Å²) in [5, 5.41) is 18.1. The van der Waals surface area contributed by atoms with Crippen LogP contribution in [0.25, 0.3) is 0 Å². The van der Waals surface area contributed by atoms with Crippen molar-refractivity contribution in [2.24, 2.45) is 10.8 Å². The summed E-state index contributed by atoms with van der Waals surface area (Å²) >= 11 is 6.23. The van der Waals surface area contributed by atoms with Crippen LogP contribution < -0.4 is 25.6 Å². The molecule has 15 nitrogen and oxygen atoms in total. The summed E-state index contributed by atoms with van der Waals surface area (Å²) in [5.41, 5.74) is 0.707. The number of carbonyl (C=O) groups is 4. The van der Waals surface area contributed by atoms with Gasteiger partial charge >= 0.3 is 0 Å². The smallest absolute Gasteiger partial charge is 0.269 e. The molecule has 59 heavy (non-hydrogen) atoms. The molecule has 312 valence electrons. The molecule has 1 aliphatic carbocycles. The number of rotatable bonds is 13. The number of imide groups is 1. The fourth-order valence-electron chi connectivity index (χ4n) is 9.16. The second-order valence-electron chi connectivity index (χ2n) is 16.8. The van der Waals surface area contributed by atoms with Crippen LogP contribution in [0.15, 0.2) is 59.6 Å². The van der Waals surface area contributed by atoms with Gasteiger partial charge in [-0.05, 0) is 68.3 Å². The van der Waals surface area contributed by atoms with E-state index >= 15 is 0 Å². The maximum atomic E-state index is 13.4. The van der Waals surface area contributed by atoms with E-state index in [0.29, 0.717) is 38.4 Å². The standard InChI is InChI=1S/C42H49ClN8O7S/c1-41(2)39(42(3,4)40(41)58-29-11-8-26(24-44)31(43)23-29)48-36(53)27-9-14-34(46-25-27)50-20-18-49(19-21-50)17-7-5-6-16-45-28-10-12-30-33(22-28)59(56,57)51(38(30)55)32-13-15-35(52)47-37(32)54/h8-12,14,22-23,25,32,39-40,45H,5-7,13,15-21H2,1-4H3,(H,48,53)(H,47,52,54). The summed E-state index contributed by atoms with van der Waals surface area (Å²) in [6.07, 6.45) is 4.19. The van der Waals surface area contributed by atoms with Gasteiger partial charge < -0.3 is 20.3 Å². The number of sulfonamides is 1. The van der Waals surface area contributed by atoms with Gasteiger partial charge in [0.05, 0.1) is 21.7 Å². The first-order valence-corrected chi connectivity index (χ1v) is 21.7. The van der Waals surface area contributed by atoms with Gasteiger partial charge in [0.15, 0.2) is 0 Å². The fraction of sp³-hybridized carbons (Fsp3) is 0.476. The van der Waals surface area contributed by atoms with E-state index in [1.165, 1.54) is 12.1 Å². The maximum absolute atomic E-state index is 13.4. The normalized spacial score (nSPS) is 23.1. The Bertz CT molecular complexity index is 2290. The highest BCUT2D eigenvalue weighted by Gasteiger charge is 2.64. The minimum absolute atomic E-state index is 0.0175. The molecule has 2 aromatic carbocycles. The van der Waals surface area contributed by atoms with E-state index in [0.717, 1.165) is 57.8 Å². The number of hydrogen-bond donors (Lipinski definition) is 3. The number of pyridine rings is 1. The third-order valence-electron chi connectivity index (χ3n) is 12.1. The minimum Gasteiger partial charge on any atom is -0.489 e. The molecule has 3 fully saturated rings. The molecule has 3 aliphatic heterocycles. The molecule has 1 saturated carbocycles. The molecule has 4 heterocycles. The van der Waals surface area contributed by atoms with E-state index in [9.17, 15) is 32.9 Å². The van der Waals surface area contributed by atoms with Crippen LogP contribution in [0.5, 0.6) is 5.75 Å². The Hall–Kier alpha value is -5.24. The Morgan fingerprint density at radius 1 is 1.00 bits per heavy atom. The van der Waals surface area contributed by atoms with Crippen molar-refractivity contribution in [2.45, 2.75) is 82.9 Å². The largest absolute Gasteiger partial charge is 0.489 e. The van der Waals surface area contributed by atoms with Crippen LogP contribution in [-0.4, -0.2) is 104 Å². The number of piperidine rings is 1. The molecule has 3 aromatic rings. The van der Waals surface area contributed by atoms with Crippen molar-refractivity contribution in [3.8, 4) is 11.8 Å². The SMILES string of the molecule is CC1(C)C(NC(=O)c2ccc(N3CCN(CCCCCNc4ccc5c(c4)S(=O)(=O)N(C4CCC(=O)NC4=O)C5=O)CC3)nc2)C(C)(C)C1Oc1ccc(C#N)c(Cl)c1. The topological polar surface area (TPSA) is 194 Å². The van der Waals surface area contributed by atoms with Crippen LogP contribution in [0, 0.1) is 22.2 Å². The average Bonchev–Trinajstić information content (AvgIpc) is 3.40. The zero-order valence-electron chi connectivity index (χ0n) is 33.6. The van der Waals surface area contributed by atoms with Gasteiger partial charge in [-0.3, -0.25) is 29.4 Å². The molecule has 1 aromatic heterocycles. The summed E-state index contributed by atoms with van der Waals surface area (Å²) in [6, 6.07) is 14.0. The molecule has 0 spiro atoms. The summed E-state index contributed by atoms with van der Waals surface area (Å²) in [7, 11) is -4.24. The van der Waals surface area contributed by atoms with Gasteiger partial charge in [-0.15, -0.1) is 0 Å². The lowest BCUT2D eigenvalue weighted by Crippen LogP contribution is -2.74. The van der Waals surface area contributed by atoms with E-state index < -0.39 is 33.8 Å². The molecule has 4 aliphatic rings. The number of unbranched alkanes of at least 4 members (excludes halogenated alkanes) is 2. The molecule has 0 radical (unpaired) electrons. The van der Waals surface area contributed by atoms with Crippen molar-refractivity contribution in [3.05, 3.63) is 76.4 Å². The number of aromatic nitrogens is 1. The monoisotopic (exact) mass is 844 g/mol. The number of piperazine rings is 1. The van der Waals surface area contributed by atoms with E-state index in [2.05, 4.69) is 64.5 Å². The lowest BCUT2D eigenvalue weighted by Gasteiger charge is -2.63. The highest BCUT2D eigenvalue weighted by atomic mass is 35.5. The van der Waals surface area contributed by atoms with Crippen molar-refractivity contribution in [1.29, 1.82) is 5.26 Å². The summed E-state index contributed by atoms with van der Waals surface area (Å²) in [4.78, 5) is 59.5. The van der Waals surface area contributed by atoms with Crippen LogP contribution in [-0.2, 0) is 19.6 Å². The number of fused-ring (bicyclic) bond motifs is 1. The van der Waals surface area contributed by atoms with Gasteiger partial charge in [0, 0.05) is 74.0 Å². The Balaban J connectivity index is 0.816. The molecule has 2 saturated heterocycles. The number of nitrogens with zero attached hydrogens (tertiary/aromatic N) is 5. The Morgan fingerprint density at radius 3 is 2.41 bits per heavy atom. The third kappa shape index (κ3) is 8.20. The zero-order valence-corrected chi connectivity index (χ0v) is 35.2. The predicted octanol–water partition coefficient (Wildman–Crippen LogP) is 4.57. The van der Waals surface area contributed by atoms with Crippen molar-refractivity contribution >= 4 is 56.8 Å². The number of nitriles is 1. The zero-order chi connectivity index (χ0) is 42.3. The summed E-state index contributed by atoms with van der Waals surface area (Å²) in [6.45, 7) is 13.3. The molecule has 7 rings (SSSR count). The summed E-state index contributed by atoms with van der Waals surface area (Å²) in [5.74, 6) is -0.811. The van der Waals surface area contributed by atoms with Crippen molar-refractivity contribution in [3.63, 3.8) is 0 Å². The van der Waals surface area contributed by atoms with Crippen molar-refractivity contribution in [2.75, 3.05) is 49.5 Å². The molecule has 17 heteroatoms. The number of ether oxygens (including phenoxy) is 1. The van der Waals surface area contributed by atoms with Crippen LogP contribution in [0.3, 0.4) is 0 Å². The van der Waals surface area contributed by atoms with Gasteiger partial charge in [-0.1, -0.05) is 45.7 Å². The lowest BCUT2D eigenvalue weighted by atomic mass is 9.49. The minimum atomic E-state index is -4.24. The van der Waals surface area contributed by atoms with E-state index in [4.69, 9.17) is 16.3 Å². The van der Waals surface area contributed by atoms with E-state index in [-0.39, 0.29) is 52.2 Å². The van der Waals surface area contributed by atoms with Crippen LogP contribution >= 0.6 is 11.6 Å². The molecule has 3 N–H and O–H groups in total. The Morgan fingerprint density at radius 2 is 1.75 bits per heavy atom. The number of carbonyl (C=O) groups excluding carboxylic acids is 4. The number of amides is 4. The first-order chi connectivity index (χ1) is 28.0. The fourth-order valence-corrected chi connectivity index (χ4v) is 11.1. The predicted molar refractivity (Wildman–Crippen MR) is 221 cm³/mol. The van der Waals surface area contributed by atoms with Gasteiger partial charge in [0.25, 0.3) is 27.7 Å². The average molecular weight is 845 g/mol. The molecule has 4 amide bonds. The molecule has 1 unspecified atom stereocenters. The quantitative estimate of drug-likeness (QED) is 0.161. The van der Waals surface area contributed by atoms with Crippen LogP contribution in [0.1, 0.15) is 86.1 Å². The molecule has 1 atom stereocenters. The number of benzene rings is 2. The van der Waals surface area contributed by atoms with Crippen molar-refractivity contribution in [1.82, 2.24) is 24.8 Å². The molecular weight excluding hydrogens is 796 g/mol. The molecular formula is C42H49ClN8O7S. The first-order valence-electron chi connectivity index (χ1n) is 19.9. The van der Waals surface area contributed by atoms with Gasteiger partial charge in [0.2, 0.25) is 5.91 Å². The first kappa shape index (κ1) is 41.9. The third-order valence-corrected chi connectivity index (χ3v) is 14.2. The lowest BCUT2D eigenvalue weighted by molar-refractivity contribution is -0.164. The second kappa shape index (κ2) is 16.4. The number of nitrogens with one attached hydrogen (secondary N) is 3. The second-order valence-corrected chi connectivity index (χ2v) is 19.0. The highest BCUT2D eigenvalue weighted by Crippen LogP contribution is 2.55. The highest BCUT2D eigenvalue weighted by molar-refractivity contribution is 7.90. The Kier molecular flexibility index (Phi) is 11.7. The van der Waals surface area contributed by atoms with Gasteiger partial charge in [0.1, 0.15) is 34.7 Å². The van der Waals surface area contributed by atoms with Crippen LogP contribution in [0.2, 0.25) is 5.02 Å². The Labute approximate surface area is 349 Å². The van der Waals surface area contributed by atoms with Crippen LogP contribution in [0.4, 0.5) is 11.5 Å². The molecule has 0 bridgehead atoms. The van der Waals surface area contributed by atoms with Gasteiger partial charge in [-0.25, -0.2) is 17.7 Å². The van der Waals surface area contributed by atoms with E-state index in [1.54, 1.807) is 30.5 Å². The maximum Gasteiger partial charge on any atom is 0.269 e. The number of anilines is 2. The van der Waals surface area contributed by atoms with E-state index in [1.807, 2.05) is 12.1 Å². The number of halogens is 1.